The predicted octanol–water partition coefficient (Wildman–Crippen LogP) is 2.91. The lowest BCUT2D eigenvalue weighted by atomic mass is 10.2. The molecule has 0 aliphatic heterocycles. The van der Waals surface area contributed by atoms with Gasteiger partial charge in [0.05, 0.1) is 11.6 Å². The Labute approximate surface area is 96.3 Å². The average molecular weight is 265 g/mol. The molecule has 0 aliphatic rings. The van der Waals surface area contributed by atoms with Crippen LogP contribution in [0.3, 0.4) is 0 Å². The minimum absolute atomic E-state index is 0.709. The van der Waals surface area contributed by atoms with E-state index in [9.17, 15) is 0 Å². The molecular weight excluding hydrogens is 256 g/mol. The number of rotatable bonds is 2. The van der Waals surface area contributed by atoms with Crippen LogP contribution in [0.4, 0.5) is 0 Å². The molecule has 0 saturated heterocycles. The van der Waals surface area contributed by atoms with Gasteiger partial charge in [-0.05, 0) is 40.2 Å². The second-order valence-corrected chi connectivity index (χ2v) is 3.78. The first-order valence-electron chi connectivity index (χ1n) is 4.42. The van der Waals surface area contributed by atoms with Crippen LogP contribution in [-0.2, 0) is 0 Å². The third-order valence-corrected chi connectivity index (χ3v) is 2.60. The fourth-order valence-electron chi connectivity index (χ4n) is 1.25. The third kappa shape index (κ3) is 2.15. The van der Waals surface area contributed by atoms with Gasteiger partial charge in [0.25, 0.3) is 0 Å². The van der Waals surface area contributed by atoms with E-state index in [-0.39, 0.29) is 0 Å². The molecule has 0 fully saturated rings. The van der Waals surface area contributed by atoms with Crippen LogP contribution in [0.25, 0.3) is 11.4 Å². The van der Waals surface area contributed by atoms with Gasteiger partial charge in [0.15, 0.2) is 5.82 Å². The summed E-state index contributed by atoms with van der Waals surface area (Å²) in [5.41, 5.74) is 0.961. The Morgan fingerprint density at radius 2 is 1.93 bits per heavy atom. The Bertz CT molecular complexity index is 459. The summed E-state index contributed by atoms with van der Waals surface area (Å²) in [4.78, 5) is 8.35. The van der Waals surface area contributed by atoms with Crippen molar-refractivity contribution >= 4 is 15.9 Å². The van der Waals surface area contributed by atoms with Crippen molar-refractivity contribution in [1.29, 1.82) is 0 Å². The number of benzene rings is 1. The molecule has 0 atom stereocenters. The van der Waals surface area contributed by atoms with E-state index in [0.717, 1.165) is 15.8 Å². The molecule has 0 radical (unpaired) electrons. The Kier molecular flexibility index (Phi) is 2.97. The normalized spacial score (nSPS) is 10.0. The Morgan fingerprint density at radius 1 is 1.20 bits per heavy atom. The van der Waals surface area contributed by atoms with Crippen LogP contribution in [0.5, 0.6) is 5.75 Å². The highest BCUT2D eigenvalue weighted by Crippen LogP contribution is 2.28. The van der Waals surface area contributed by atoms with Crippen LogP contribution in [-0.4, -0.2) is 17.1 Å². The number of halogens is 1. The first-order valence-corrected chi connectivity index (χ1v) is 5.21. The van der Waals surface area contributed by atoms with E-state index in [1.807, 2.05) is 18.2 Å². The van der Waals surface area contributed by atoms with Crippen molar-refractivity contribution in [2.75, 3.05) is 7.11 Å². The molecule has 0 spiro atoms. The number of aromatic nitrogens is 2. The maximum absolute atomic E-state index is 5.15. The molecule has 1 aromatic heterocycles. The summed E-state index contributed by atoms with van der Waals surface area (Å²) in [5, 5.41) is 0. The molecular formula is C11H9BrN2O. The molecule has 1 aromatic carbocycles. The van der Waals surface area contributed by atoms with E-state index < -0.39 is 0 Å². The minimum atomic E-state index is 0.709. The van der Waals surface area contributed by atoms with Gasteiger partial charge in [-0.3, -0.25) is 0 Å². The van der Waals surface area contributed by atoms with Crippen LogP contribution in [0, 0.1) is 0 Å². The van der Waals surface area contributed by atoms with Gasteiger partial charge in [-0.2, -0.15) is 0 Å². The van der Waals surface area contributed by atoms with Crippen molar-refractivity contribution < 1.29 is 4.74 Å². The molecule has 0 bridgehead atoms. The summed E-state index contributed by atoms with van der Waals surface area (Å²) >= 11 is 3.42. The third-order valence-electron chi connectivity index (χ3n) is 1.98. The van der Waals surface area contributed by atoms with E-state index >= 15 is 0 Å². The molecule has 0 N–H and O–H groups in total. The van der Waals surface area contributed by atoms with Crippen LogP contribution < -0.4 is 4.74 Å². The number of nitrogens with zero attached hydrogens (tertiary/aromatic N) is 2. The second kappa shape index (κ2) is 4.40. The SMILES string of the molecule is COc1ccc(-c2ncccn2)cc1Br. The van der Waals surface area contributed by atoms with Crippen LogP contribution in [0.15, 0.2) is 41.1 Å². The smallest absolute Gasteiger partial charge is 0.159 e. The Hall–Kier alpha value is -1.42. The fourth-order valence-corrected chi connectivity index (χ4v) is 1.79. The molecule has 0 aliphatic carbocycles. The van der Waals surface area contributed by atoms with Gasteiger partial charge in [0.1, 0.15) is 5.75 Å². The van der Waals surface area contributed by atoms with Crippen molar-refractivity contribution in [1.82, 2.24) is 9.97 Å². The second-order valence-electron chi connectivity index (χ2n) is 2.92. The van der Waals surface area contributed by atoms with Crippen LogP contribution in [0.1, 0.15) is 0 Å². The number of hydrogen-bond donors (Lipinski definition) is 0. The lowest BCUT2D eigenvalue weighted by Crippen LogP contribution is -1.88. The quantitative estimate of drug-likeness (QED) is 0.837. The molecule has 4 heteroatoms. The van der Waals surface area contributed by atoms with Crippen molar-refractivity contribution in [2.24, 2.45) is 0 Å². The van der Waals surface area contributed by atoms with Gasteiger partial charge < -0.3 is 4.74 Å². The lowest BCUT2D eigenvalue weighted by molar-refractivity contribution is 0.412. The van der Waals surface area contributed by atoms with E-state index in [1.165, 1.54) is 0 Å². The molecule has 76 valence electrons. The van der Waals surface area contributed by atoms with Crippen molar-refractivity contribution in [3.8, 4) is 17.1 Å². The first-order chi connectivity index (χ1) is 7.31. The van der Waals surface area contributed by atoms with E-state index in [1.54, 1.807) is 25.6 Å². The molecule has 0 unspecified atom stereocenters. The Morgan fingerprint density at radius 3 is 2.53 bits per heavy atom. The summed E-state index contributed by atoms with van der Waals surface area (Å²) in [6, 6.07) is 7.55. The zero-order valence-electron chi connectivity index (χ0n) is 8.14. The van der Waals surface area contributed by atoms with E-state index in [0.29, 0.717) is 5.82 Å². The monoisotopic (exact) mass is 264 g/mol. The van der Waals surface area contributed by atoms with Crippen LogP contribution >= 0.6 is 15.9 Å². The fraction of sp³-hybridized carbons (Fsp3) is 0.0909. The first kappa shape index (κ1) is 10.1. The summed E-state index contributed by atoms with van der Waals surface area (Å²) in [6.45, 7) is 0. The molecule has 1 heterocycles. The highest BCUT2D eigenvalue weighted by Gasteiger charge is 2.04. The van der Waals surface area contributed by atoms with Crippen molar-refractivity contribution in [2.45, 2.75) is 0 Å². The average Bonchev–Trinajstić information content (AvgIpc) is 2.30. The zero-order chi connectivity index (χ0) is 10.7. The molecule has 2 aromatic rings. The number of hydrogen-bond acceptors (Lipinski definition) is 3. The lowest BCUT2D eigenvalue weighted by Gasteiger charge is -2.04. The summed E-state index contributed by atoms with van der Waals surface area (Å²) in [5.74, 6) is 1.51. The molecule has 2 rings (SSSR count). The van der Waals surface area contributed by atoms with Gasteiger partial charge in [0.2, 0.25) is 0 Å². The molecule has 0 amide bonds. The van der Waals surface area contributed by atoms with E-state index in [4.69, 9.17) is 4.74 Å². The standard InChI is InChI=1S/C11H9BrN2O/c1-15-10-4-3-8(7-9(10)12)11-13-5-2-6-14-11/h2-7H,1H3. The molecule has 3 nitrogen and oxygen atoms in total. The highest BCUT2D eigenvalue weighted by atomic mass is 79.9. The zero-order valence-corrected chi connectivity index (χ0v) is 9.73. The van der Waals surface area contributed by atoms with E-state index in [2.05, 4.69) is 25.9 Å². The highest BCUT2D eigenvalue weighted by molar-refractivity contribution is 9.10. The van der Waals surface area contributed by atoms with Crippen LogP contribution in [0.2, 0.25) is 0 Å². The summed E-state index contributed by atoms with van der Waals surface area (Å²) < 4.78 is 6.05. The van der Waals surface area contributed by atoms with Gasteiger partial charge in [-0.15, -0.1) is 0 Å². The largest absolute Gasteiger partial charge is 0.496 e. The topological polar surface area (TPSA) is 35.0 Å². The van der Waals surface area contributed by atoms with Crippen molar-refractivity contribution in [3.05, 3.63) is 41.1 Å². The van der Waals surface area contributed by atoms with Gasteiger partial charge in [-0.1, -0.05) is 0 Å². The maximum atomic E-state index is 5.15. The molecule has 15 heavy (non-hydrogen) atoms. The summed E-state index contributed by atoms with van der Waals surface area (Å²) in [7, 11) is 1.64. The molecule has 0 saturated carbocycles. The number of ether oxygens (including phenoxy) is 1. The Balaban J connectivity index is 2.43. The predicted molar refractivity (Wildman–Crippen MR) is 61.7 cm³/mol. The van der Waals surface area contributed by atoms with Gasteiger partial charge in [-0.25, -0.2) is 9.97 Å². The van der Waals surface area contributed by atoms with Gasteiger partial charge >= 0.3 is 0 Å². The maximum Gasteiger partial charge on any atom is 0.159 e. The summed E-state index contributed by atoms with van der Waals surface area (Å²) in [6.07, 6.45) is 3.45. The number of methoxy groups -OCH3 is 1. The van der Waals surface area contributed by atoms with Crippen molar-refractivity contribution in [3.63, 3.8) is 0 Å². The minimum Gasteiger partial charge on any atom is -0.496 e. The van der Waals surface area contributed by atoms with Gasteiger partial charge in [0, 0.05) is 18.0 Å².